The maximum Gasteiger partial charge on any atom is 0.287 e. The van der Waals surface area contributed by atoms with Crippen LogP contribution in [0.3, 0.4) is 0 Å². The Morgan fingerprint density at radius 3 is 2.57 bits per heavy atom. The molecule has 0 atom stereocenters. The zero-order valence-corrected chi connectivity index (χ0v) is 11.6. The van der Waals surface area contributed by atoms with Crippen LogP contribution in [0.15, 0.2) is 47.7 Å². The fraction of sp³-hybridized carbons (Fsp3) is 0. The van der Waals surface area contributed by atoms with Crippen molar-refractivity contribution in [2.45, 2.75) is 0 Å². The Hall–Kier alpha value is -2.87. The maximum atomic E-state index is 10.6. The Morgan fingerprint density at radius 1 is 1.33 bits per heavy atom. The van der Waals surface area contributed by atoms with Crippen LogP contribution in [0, 0.1) is 10.1 Å². The van der Waals surface area contributed by atoms with Crippen LogP contribution in [0.5, 0.6) is 0 Å². The highest BCUT2D eigenvalue weighted by Crippen LogP contribution is 2.19. The number of rotatable bonds is 4. The first-order valence-corrected chi connectivity index (χ1v) is 6.26. The van der Waals surface area contributed by atoms with E-state index in [1.165, 1.54) is 12.3 Å². The third kappa shape index (κ3) is 4.05. The highest BCUT2D eigenvalue weighted by atomic mass is 32.1. The first-order chi connectivity index (χ1) is 10.1. The molecule has 1 aromatic carbocycles. The van der Waals surface area contributed by atoms with E-state index in [0.29, 0.717) is 5.69 Å². The van der Waals surface area contributed by atoms with Crippen molar-refractivity contribution in [1.82, 2.24) is 10.4 Å². The minimum atomic E-state index is -0.481. The Kier molecular flexibility index (Phi) is 4.52. The molecule has 0 aliphatic heterocycles. The number of nitrogens with one attached hydrogen (secondary N) is 1. The quantitative estimate of drug-likeness (QED) is 0.386. The van der Waals surface area contributed by atoms with Gasteiger partial charge >= 0.3 is 0 Å². The van der Waals surface area contributed by atoms with Gasteiger partial charge in [-0.05, 0) is 23.8 Å². The average molecular weight is 301 g/mol. The standard InChI is InChI=1S/C13H11N5O2S/c14-13(21)17-16-7-9-1-3-10(4-2-9)12-6-5-11(8-15-12)18(19)20/h1-8H,(H3,14,17,21). The number of hydrogen-bond donors (Lipinski definition) is 2. The second-order valence-electron chi connectivity index (χ2n) is 4.02. The molecule has 106 valence electrons. The number of hydrogen-bond acceptors (Lipinski definition) is 5. The van der Waals surface area contributed by atoms with Crippen LogP contribution in [0.1, 0.15) is 5.56 Å². The van der Waals surface area contributed by atoms with Crippen molar-refractivity contribution in [2.24, 2.45) is 10.8 Å². The molecule has 2 rings (SSSR count). The largest absolute Gasteiger partial charge is 0.375 e. The fourth-order valence-corrected chi connectivity index (χ4v) is 1.63. The van der Waals surface area contributed by atoms with E-state index in [0.717, 1.165) is 11.1 Å². The third-order valence-corrected chi connectivity index (χ3v) is 2.64. The van der Waals surface area contributed by atoms with Gasteiger partial charge in [0.2, 0.25) is 0 Å². The molecule has 1 heterocycles. The first-order valence-electron chi connectivity index (χ1n) is 5.85. The SMILES string of the molecule is NC(=S)NN=Cc1ccc(-c2ccc([N+](=O)[O-])cn2)cc1. The summed E-state index contributed by atoms with van der Waals surface area (Å²) in [6.07, 6.45) is 2.81. The van der Waals surface area contributed by atoms with Gasteiger partial charge in [-0.3, -0.25) is 15.5 Å². The van der Waals surface area contributed by atoms with Crippen molar-refractivity contribution in [3.63, 3.8) is 0 Å². The molecular weight excluding hydrogens is 290 g/mol. The molecule has 0 fully saturated rings. The predicted molar refractivity (Wildman–Crippen MR) is 83.8 cm³/mol. The van der Waals surface area contributed by atoms with Crippen molar-refractivity contribution < 1.29 is 4.92 Å². The second kappa shape index (κ2) is 6.53. The first kappa shape index (κ1) is 14.5. The summed E-state index contributed by atoms with van der Waals surface area (Å²) in [4.78, 5) is 14.2. The second-order valence-corrected chi connectivity index (χ2v) is 4.45. The molecule has 0 saturated carbocycles. The number of benzene rings is 1. The molecule has 0 unspecified atom stereocenters. The van der Waals surface area contributed by atoms with E-state index in [4.69, 9.17) is 5.73 Å². The van der Waals surface area contributed by atoms with Crippen LogP contribution < -0.4 is 11.2 Å². The lowest BCUT2D eigenvalue weighted by atomic mass is 10.1. The number of thiocarbonyl (C=S) groups is 1. The fourth-order valence-electron chi connectivity index (χ4n) is 1.58. The Balaban J connectivity index is 2.13. The van der Waals surface area contributed by atoms with E-state index in [1.807, 2.05) is 24.3 Å². The van der Waals surface area contributed by atoms with Gasteiger partial charge in [-0.25, -0.2) is 4.98 Å². The Labute approximate surface area is 125 Å². The van der Waals surface area contributed by atoms with Gasteiger partial charge in [0, 0.05) is 11.6 Å². The zero-order valence-electron chi connectivity index (χ0n) is 10.8. The molecule has 0 radical (unpaired) electrons. The summed E-state index contributed by atoms with van der Waals surface area (Å²) in [5.41, 5.74) is 10.0. The molecule has 8 heteroatoms. The highest BCUT2D eigenvalue weighted by molar-refractivity contribution is 7.80. The van der Waals surface area contributed by atoms with Gasteiger partial charge in [0.25, 0.3) is 5.69 Å². The molecule has 2 aromatic rings. The molecule has 0 aliphatic carbocycles. The van der Waals surface area contributed by atoms with Gasteiger partial charge in [-0.1, -0.05) is 24.3 Å². The lowest BCUT2D eigenvalue weighted by Gasteiger charge is -2.01. The average Bonchev–Trinajstić information content (AvgIpc) is 2.48. The van der Waals surface area contributed by atoms with E-state index in [-0.39, 0.29) is 10.8 Å². The van der Waals surface area contributed by atoms with Gasteiger partial charge in [-0.2, -0.15) is 5.10 Å². The molecule has 7 nitrogen and oxygen atoms in total. The van der Waals surface area contributed by atoms with Crippen LogP contribution in [0.4, 0.5) is 5.69 Å². The lowest BCUT2D eigenvalue weighted by molar-refractivity contribution is -0.385. The van der Waals surface area contributed by atoms with Crippen molar-refractivity contribution >= 4 is 29.2 Å². The van der Waals surface area contributed by atoms with Crippen LogP contribution in [0.2, 0.25) is 0 Å². The monoisotopic (exact) mass is 301 g/mol. The van der Waals surface area contributed by atoms with Crippen molar-refractivity contribution in [3.05, 3.63) is 58.3 Å². The van der Waals surface area contributed by atoms with E-state index < -0.39 is 4.92 Å². The van der Waals surface area contributed by atoms with Crippen molar-refractivity contribution in [3.8, 4) is 11.3 Å². The summed E-state index contributed by atoms with van der Waals surface area (Å²) in [5, 5.41) is 14.5. The number of aromatic nitrogens is 1. The molecule has 0 aliphatic rings. The van der Waals surface area contributed by atoms with Crippen molar-refractivity contribution in [1.29, 1.82) is 0 Å². The van der Waals surface area contributed by atoms with Gasteiger partial charge in [-0.15, -0.1) is 0 Å². The van der Waals surface area contributed by atoms with Crippen LogP contribution in [-0.2, 0) is 0 Å². The summed E-state index contributed by atoms with van der Waals surface area (Å²) < 4.78 is 0. The summed E-state index contributed by atoms with van der Waals surface area (Å²) in [5.74, 6) is 0. The number of nitrogens with zero attached hydrogens (tertiary/aromatic N) is 3. The van der Waals surface area contributed by atoms with Gasteiger partial charge in [0.05, 0.1) is 16.8 Å². The molecule has 21 heavy (non-hydrogen) atoms. The van der Waals surface area contributed by atoms with E-state index in [1.54, 1.807) is 12.3 Å². The molecule has 0 amide bonds. The summed E-state index contributed by atoms with van der Waals surface area (Å²) in [6, 6.07) is 10.4. The highest BCUT2D eigenvalue weighted by Gasteiger charge is 2.06. The van der Waals surface area contributed by atoms with Gasteiger partial charge in [0.15, 0.2) is 5.11 Å². The Bertz CT molecular complexity index is 683. The number of nitro groups is 1. The predicted octanol–water partition coefficient (Wildman–Crippen LogP) is 1.82. The minimum absolute atomic E-state index is 0.0358. The van der Waals surface area contributed by atoms with Gasteiger partial charge < -0.3 is 5.73 Å². The van der Waals surface area contributed by atoms with E-state index in [9.17, 15) is 10.1 Å². The number of pyridine rings is 1. The van der Waals surface area contributed by atoms with Crippen molar-refractivity contribution in [2.75, 3.05) is 0 Å². The Morgan fingerprint density at radius 2 is 2.05 bits per heavy atom. The van der Waals surface area contributed by atoms with E-state index >= 15 is 0 Å². The molecule has 0 saturated heterocycles. The molecule has 3 N–H and O–H groups in total. The topological polar surface area (TPSA) is 106 Å². The zero-order chi connectivity index (χ0) is 15.2. The maximum absolute atomic E-state index is 10.6. The number of hydrazone groups is 1. The molecule has 0 spiro atoms. The summed E-state index contributed by atoms with van der Waals surface area (Å²) >= 11 is 4.62. The van der Waals surface area contributed by atoms with Crippen LogP contribution >= 0.6 is 12.2 Å². The molecular formula is C13H11N5O2S. The normalized spacial score (nSPS) is 10.5. The summed E-state index contributed by atoms with van der Waals surface area (Å²) in [7, 11) is 0. The summed E-state index contributed by atoms with van der Waals surface area (Å²) in [6.45, 7) is 0. The van der Waals surface area contributed by atoms with Gasteiger partial charge in [0.1, 0.15) is 6.20 Å². The van der Waals surface area contributed by atoms with E-state index in [2.05, 4.69) is 27.7 Å². The smallest absolute Gasteiger partial charge is 0.287 e. The molecule has 1 aromatic heterocycles. The molecule has 0 bridgehead atoms. The number of nitrogens with two attached hydrogens (primary N) is 1. The third-order valence-electron chi connectivity index (χ3n) is 2.55. The lowest BCUT2D eigenvalue weighted by Crippen LogP contribution is -2.23. The minimum Gasteiger partial charge on any atom is -0.375 e. The van der Waals surface area contributed by atoms with Crippen LogP contribution in [-0.4, -0.2) is 21.2 Å². The van der Waals surface area contributed by atoms with Crippen LogP contribution in [0.25, 0.3) is 11.3 Å².